The lowest BCUT2D eigenvalue weighted by molar-refractivity contribution is -0.134. The third-order valence-corrected chi connectivity index (χ3v) is 5.25. The van der Waals surface area contributed by atoms with Crippen LogP contribution >= 0.6 is 12.4 Å². The number of carboxylic acids is 1. The number of hydrogen-bond donors (Lipinski definition) is 3. The minimum atomic E-state index is -2.97. The SMILES string of the molecule is CC(=O)O.CC(N)c1oc(-c2ccc(OC(F)F)c(OCC3CC3)c2)nc1C(=O)N1CCNCC1.Cl. The van der Waals surface area contributed by atoms with Crippen LogP contribution < -0.4 is 20.5 Å². The lowest BCUT2D eigenvalue weighted by atomic mass is 10.2. The molecule has 1 aromatic heterocycles. The van der Waals surface area contributed by atoms with Crippen LogP contribution in [0.25, 0.3) is 11.5 Å². The number of piperazine rings is 1. The van der Waals surface area contributed by atoms with Gasteiger partial charge in [0.2, 0.25) is 5.89 Å². The molecule has 1 aromatic carbocycles. The Morgan fingerprint density at radius 1 is 1.28 bits per heavy atom. The van der Waals surface area contributed by atoms with E-state index in [4.69, 9.17) is 24.8 Å². The lowest BCUT2D eigenvalue weighted by Crippen LogP contribution is -2.46. The lowest BCUT2D eigenvalue weighted by Gasteiger charge is -2.26. The summed E-state index contributed by atoms with van der Waals surface area (Å²) in [5, 5.41) is 10.6. The maximum absolute atomic E-state index is 13.0. The van der Waals surface area contributed by atoms with E-state index in [0.29, 0.717) is 44.3 Å². The number of alkyl halides is 2. The molecule has 1 atom stereocenters. The Balaban J connectivity index is 0.000000850. The van der Waals surface area contributed by atoms with Gasteiger partial charge in [-0.2, -0.15) is 8.78 Å². The molecule has 1 aliphatic heterocycles. The van der Waals surface area contributed by atoms with Crippen molar-refractivity contribution in [3.63, 3.8) is 0 Å². The van der Waals surface area contributed by atoms with Crippen molar-refractivity contribution in [2.24, 2.45) is 11.7 Å². The molecule has 0 bridgehead atoms. The number of carbonyl (C=O) groups excluding carboxylic acids is 1. The molecule has 10 nitrogen and oxygen atoms in total. The Morgan fingerprint density at radius 3 is 2.47 bits per heavy atom. The van der Waals surface area contributed by atoms with Gasteiger partial charge < -0.3 is 34.9 Å². The predicted octanol–water partition coefficient (Wildman–Crippen LogP) is 3.31. The van der Waals surface area contributed by atoms with Crippen LogP contribution in [0.4, 0.5) is 8.78 Å². The Kier molecular flexibility index (Phi) is 10.9. The van der Waals surface area contributed by atoms with Gasteiger partial charge in [-0.3, -0.25) is 9.59 Å². The monoisotopic (exact) mass is 532 g/mol. The fraction of sp³-hybridized carbons (Fsp3) is 0.522. The maximum Gasteiger partial charge on any atom is 0.387 e. The number of aliphatic carboxylic acids is 1. The number of aromatic nitrogens is 1. The molecule has 36 heavy (non-hydrogen) atoms. The number of nitrogens with zero attached hydrogens (tertiary/aromatic N) is 2. The fourth-order valence-corrected chi connectivity index (χ4v) is 3.37. The van der Waals surface area contributed by atoms with Crippen molar-refractivity contribution in [3.05, 3.63) is 29.7 Å². The highest BCUT2D eigenvalue weighted by Gasteiger charge is 2.29. The van der Waals surface area contributed by atoms with Crippen LogP contribution in [0.5, 0.6) is 11.5 Å². The second-order valence-electron chi connectivity index (χ2n) is 8.38. The number of ether oxygens (including phenoxy) is 2. The van der Waals surface area contributed by atoms with Crippen LogP contribution in [0.1, 0.15) is 49.0 Å². The van der Waals surface area contributed by atoms with Gasteiger partial charge in [-0.25, -0.2) is 4.98 Å². The van der Waals surface area contributed by atoms with Crippen LogP contribution in [0.15, 0.2) is 22.6 Å². The first-order chi connectivity index (χ1) is 16.7. The van der Waals surface area contributed by atoms with Crippen LogP contribution in [0.2, 0.25) is 0 Å². The third-order valence-electron chi connectivity index (χ3n) is 5.25. The van der Waals surface area contributed by atoms with E-state index >= 15 is 0 Å². The van der Waals surface area contributed by atoms with E-state index in [9.17, 15) is 13.6 Å². The number of nitrogens with one attached hydrogen (secondary N) is 1. The van der Waals surface area contributed by atoms with Crippen molar-refractivity contribution in [2.45, 2.75) is 39.3 Å². The Labute approximate surface area is 213 Å². The number of halogens is 3. The summed E-state index contributed by atoms with van der Waals surface area (Å²) in [5.41, 5.74) is 6.67. The molecule has 2 fully saturated rings. The van der Waals surface area contributed by atoms with E-state index in [0.717, 1.165) is 19.8 Å². The smallest absolute Gasteiger partial charge is 0.387 e. The van der Waals surface area contributed by atoms with Crippen LogP contribution in [0.3, 0.4) is 0 Å². The van der Waals surface area contributed by atoms with Gasteiger partial charge >= 0.3 is 6.61 Å². The van der Waals surface area contributed by atoms with Crippen molar-refractivity contribution >= 4 is 24.3 Å². The first-order valence-corrected chi connectivity index (χ1v) is 11.3. The highest BCUT2D eigenvalue weighted by atomic mass is 35.5. The zero-order valence-electron chi connectivity index (χ0n) is 20.0. The maximum atomic E-state index is 13.0. The summed E-state index contributed by atoms with van der Waals surface area (Å²) in [4.78, 5) is 28.1. The first-order valence-electron chi connectivity index (χ1n) is 11.3. The molecule has 2 aromatic rings. The molecule has 200 valence electrons. The van der Waals surface area contributed by atoms with Gasteiger partial charge in [-0.05, 0) is 43.9 Å². The van der Waals surface area contributed by atoms with E-state index < -0.39 is 18.6 Å². The number of amides is 1. The van der Waals surface area contributed by atoms with Crippen LogP contribution in [0, 0.1) is 5.92 Å². The average Bonchev–Trinajstić information content (AvgIpc) is 3.53. The second-order valence-corrected chi connectivity index (χ2v) is 8.38. The van der Waals surface area contributed by atoms with Crippen molar-refractivity contribution in [1.29, 1.82) is 0 Å². The zero-order chi connectivity index (χ0) is 25.5. The third kappa shape index (κ3) is 8.32. The van der Waals surface area contributed by atoms with Gasteiger partial charge in [0.25, 0.3) is 11.9 Å². The number of carbonyl (C=O) groups is 2. The molecule has 1 unspecified atom stereocenters. The van der Waals surface area contributed by atoms with Crippen molar-refractivity contribution < 1.29 is 37.4 Å². The van der Waals surface area contributed by atoms with Gasteiger partial charge in [-0.15, -0.1) is 12.4 Å². The first kappa shape index (κ1) is 29.3. The molecule has 13 heteroatoms. The van der Waals surface area contributed by atoms with E-state index in [1.54, 1.807) is 11.8 Å². The fourth-order valence-electron chi connectivity index (χ4n) is 3.37. The normalized spacial score (nSPS) is 15.9. The number of nitrogens with two attached hydrogens (primary N) is 1. The quantitative estimate of drug-likeness (QED) is 0.467. The standard InChI is InChI=1S/C21H26F2N4O4.C2H4O2.ClH/c1-12(24)18-17(20(28)27-8-6-25-7-9-27)26-19(31-18)14-4-5-15(30-21(22)23)16(10-14)29-11-13-2-3-13;1-2(3)4;/h4-5,10,12-13,21,25H,2-3,6-9,11,24H2,1H3;1H3,(H,3,4);1H. The highest BCUT2D eigenvalue weighted by Crippen LogP contribution is 2.37. The summed E-state index contributed by atoms with van der Waals surface area (Å²) in [7, 11) is 0. The summed E-state index contributed by atoms with van der Waals surface area (Å²) in [6.45, 7) is 2.80. The number of hydrogen-bond acceptors (Lipinski definition) is 8. The summed E-state index contributed by atoms with van der Waals surface area (Å²) in [6.07, 6.45) is 2.11. The molecule has 1 aliphatic carbocycles. The molecule has 1 saturated heterocycles. The summed E-state index contributed by atoms with van der Waals surface area (Å²) in [6, 6.07) is 3.92. The zero-order valence-corrected chi connectivity index (χ0v) is 20.9. The largest absolute Gasteiger partial charge is 0.489 e. The molecule has 4 rings (SSSR count). The number of rotatable bonds is 8. The predicted molar refractivity (Wildman–Crippen MR) is 129 cm³/mol. The topological polar surface area (TPSA) is 140 Å². The average molecular weight is 533 g/mol. The molecule has 4 N–H and O–H groups in total. The van der Waals surface area contributed by atoms with Gasteiger partial charge in [0.05, 0.1) is 12.6 Å². The molecular formula is C23H31ClF2N4O6. The van der Waals surface area contributed by atoms with Crippen LogP contribution in [-0.4, -0.2) is 66.3 Å². The molecule has 0 spiro atoms. The number of benzene rings is 1. The summed E-state index contributed by atoms with van der Waals surface area (Å²) in [5.74, 6) is -0.0716. The molecule has 1 saturated carbocycles. The molecular weight excluding hydrogens is 502 g/mol. The molecule has 2 heterocycles. The highest BCUT2D eigenvalue weighted by molar-refractivity contribution is 5.94. The van der Waals surface area contributed by atoms with E-state index in [-0.39, 0.29) is 47.2 Å². The number of carboxylic acid groups (broad SMARTS) is 1. The number of oxazole rings is 1. The summed E-state index contributed by atoms with van der Waals surface area (Å²) >= 11 is 0. The van der Waals surface area contributed by atoms with Crippen molar-refractivity contribution in [1.82, 2.24) is 15.2 Å². The van der Waals surface area contributed by atoms with Gasteiger partial charge in [0.15, 0.2) is 23.0 Å². The van der Waals surface area contributed by atoms with Crippen molar-refractivity contribution in [2.75, 3.05) is 32.8 Å². The minimum Gasteiger partial charge on any atom is -0.489 e. The molecule has 2 aliphatic rings. The Bertz CT molecular complexity index is 1020. The minimum absolute atomic E-state index is 0. The van der Waals surface area contributed by atoms with Crippen LogP contribution in [-0.2, 0) is 4.79 Å². The van der Waals surface area contributed by atoms with Crippen molar-refractivity contribution in [3.8, 4) is 23.0 Å². The van der Waals surface area contributed by atoms with Gasteiger partial charge in [0, 0.05) is 38.7 Å². The Morgan fingerprint density at radius 2 is 1.92 bits per heavy atom. The van der Waals surface area contributed by atoms with E-state index in [1.165, 1.54) is 18.2 Å². The summed E-state index contributed by atoms with van der Waals surface area (Å²) < 4.78 is 41.7. The molecule has 1 amide bonds. The van der Waals surface area contributed by atoms with E-state index in [1.807, 2.05) is 0 Å². The molecule has 0 radical (unpaired) electrons. The Hall–Kier alpha value is -2.96. The van der Waals surface area contributed by atoms with E-state index in [2.05, 4.69) is 15.0 Å². The van der Waals surface area contributed by atoms with Gasteiger partial charge in [0.1, 0.15) is 0 Å². The second kappa shape index (κ2) is 13.4. The van der Waals surface area contributed by atoms with Gasteiger partial charge in [-0.1, -0.05) is 0 Å².